The fourth-order valence-electron chi connectivity index (χ4n) is 1.56. The highest BCUT2D eigenvalue weighted by Gasteiger charge is 2.38. The summed E-state index contributed by atoms with van der Waals surface area (Å²) in [5, 5.41) is 1.87. The summed E-state index contributed by atoms with van der Waals surface area (Å²) in [5.41, 5.74) is 0. The van der Waals surface area contributed by atoms with Gasteiger partial charge in [-0.25, -0.2) is 0 Å². The maximum Gasteiger partial charge on any atom is 0.471 e. The van der Waals surface area contributed by atoms with E-state index in [9.17, 15) is 18.0 Å². The minimum absolute atomic E-state index is 0.118. The molecule has 2 nitrogen and oxygen atoms in total. The van der Waals surface area contributed by atoms with Gasteiger partial charge in [0.05, 0.1) is 0 Å². The van der Waals surface area contributed by atoms with Gasteiger partial charge in [-0.05, 0) is 6.42 Å². The van der Waals surface area contributed by atoms with Gasteiger partial charge in [0.15, 0.2) is 0 Å². The molecule has 0 spiro atoms. The van der Waals surface area contributed by atoms with E-state index in [-0.39, 0.29) is 6.54 Å². The maximum absolute atomic E-state index is 11.8. The molecule has 0 aromatic rings. The molecule has 0 unspecified atom stereocenters. The van der Waals surface area contributed by atoms with Crippen molar-refractivity contribution < 1.29 is 18.0 Å². The van der Waals surface area contributed by atoms with E-state index in [0.717, 1.165) is 19.3 Å². The van der Waals surface area contributed by atoms with Gasteiger partial charge in [-0.2, -0.15) is 13.2 Å². The number of rotatable bonds is 9. The molecule has 0 bridgehead atoms. The van der Waals surface area contributed by atoms with Crippen molar-refractivity contribution in [3.05, 3.63) is 0 Å². The van der Waals surface area contributed by atoms with E-state index in [2.05, 4.69) is 6.92 Å². The van der Waals surface area contributed by atoms with Crippen molar-refractivity contribution in [2.75, 3.05) is 6.54 Å². The monoisotopic (exact) mass is 253 g/mol. The molecule has 0 saturated heterocycles. The number of carbonyl (C=O) groups excluding carboxylic acids is 1. The largest absolute Gasteiger partial charge is 0.471 e. The van der Waals surface area contributed by atoms with Gasteiger partial charge in [0.2, 0.25) is 0 Å². The molecule has 0 saturated carbocycles. The fraction of sp³-hybridized carbons (Fsp3) is 0.917. The Bertz CT molecular complexity index is 204. The number of hydrogen-bond donors (Lipinski definition) is 1. The van der Waals surface area contributed by atoms with Gasteiger partial charge in [0.25, 0.3) is 0 Å². The predicted octanol–water partition coefficient (Wildman–Crippen LogP) is 3.81. The van der Waals surface area contributed by atoms with Crippen LogP contribution in [0.2, 0.25) is 0 Å². The van der Waals surface area contributed by atoms with E-state index in [0.29, 0.717) is 6.42 Å². The zero-order valence-corrected chi connectivity index (χ0v) is 10.4. The van der Waals surface area contributed by atoms with Gasteiger partial charge in [-0.1, -0.05) is 51.9 Å². The number of alkyl halides is 3. The second-order valence-electron chi connectivity index (χ2n) is 4.23. The first-order valence-electron chi connectivity index (χ1n) is 6.33. The highest BCUT2D eigenvalue weighted by atomic mass is 19.4. The standard InChI is InChI=1S/C12H22F3NO/c1-2-3-4-5-6-7-8-9-10-16-11(17)12(13,14)15/h2-10H2,1H3,(H,16,17). The lowest BCUT2D eigenvalue weighted by Gasteiger charge is -2.07. The van der Waals surface area contributed by atoms with Gasteiger partial charge >= 0.3 is 12.1 Å². The SMILES string of the molecule is CCCCCCCCCCNC(=O)C(F)(F)F. The van der Waals surface area contributed by atoms with Crippen LogP contribution in [0, 0.1) is 0 Å². The third-order valence-electron chi connectivity index (χ3n) is 2.57. The Morgan fingerprint density at radius 3 is 1.88 bits per heavy atom. The van der Waals surface area contributed by atoms with E-state index in [1.165, 1.54) is 25.7 Å². The van der Waals surface area contributed by atoms with Crippen molar-refractivity contribution in [2.45, 2.75) is 64.5 Å². The van der Waals surface area contributed by atoms with Crippen molar-refractivity contribution in [1.29, 1.82) is 0 Å². The molecule has 0 aliphatic rings. The normalized spacial score (nSPS) is 11.5. The van der Waals surface area contributed by atoms with E-state index in [4.69, 9.17) is 0 Å². The van der Waals surface area contributed by atoms with Crippen LogP contribution < -0.4 is 5.32 Å². The molecular formula is C12H22F3NO. The average molecular weight is 253 g/mol. The van der Waals surface area contributed by atoms with Gasteiger partial charge < -0.3 is 5.32 Å². The lowest BCUT2D eigenvalue weighted by Crippen LogP contribution is -2.37. The number of unbranched alkanes of at least 4 members (excludes halogenated alkanes) is 7. The number of nitrogens with one attached hydrogen (secondary N) is 1. The third-order valence-corrected chi connectivity index (χ3v) is 2.57. The second-order valence-corrected chi connectivity index (χ2v) is 4.23. The van der Waals surface area contributed by atoms with Crippen LogP contribution in [0.3, 0.4) is 0 Å². The van der Waals surface area contributed by atoms with Crippen molar-refractivity contribution in [1.82, 2.24) is 5.32 Å². The van der Waals surface area contributed by atoms with Crippen LogP contribution in [0.5, 0.6) is 0 Å². The molecule has 0 radical (unpaired) electrons. The van der Waals surface area contributed by atoms with Crippen LogP contribution in [-0.2, 0) is 4.79 Å². The predicted molar refractivity (Wildman–Crippen MR) is 61.7 cm³/mol. The molecule has 1 amide bonds. The van der Waals surface area contributed by atoms with E-state index >= 15 is 0 Å². The van der Waals surface area contributed by atoms with Gasteiger partial charge in [0.1, 0.15) is 0 Å². The summed E-state index contributed by atoms with van der Waals surface area (Å²) in [5.74, 6) is -1.83. The molecule has 0 aliphatic carbocycles. The highest BCUT2D eigenvalue weighted by Crippen LogP contribution is 2.14. The maximum atomic E-state index is 11.8. The molecule has 0 rings (SSSR count). The van der Waals surface area contributed by atoms with Crippen LogP contribution in [0.15, 0.2) is 0 Å². The topological polar surface area (TPSA) is 29.1 Å². The summed E-state index contributed by atoms with van der Waals surface area (Å²) in [4.78, 5) is 10.4. The Labute approximate surface area is 101 Å². The summed E-state index contributed by atoms with van der Waals surface area (Å²) in [6.45, 7) is 2.27. The molecular weight excluding hydrogens is 231 g/mol. The number of carbonyl (C=O) groups is 1. The third kappa shape index (κ3) is 10.1. The molecule has 0 aromatic heterocycles. The number of amides is 1. The number of hydrogen-bond acceptors (Lipinski definition) is 1. The quantitative estimate of drug-likeness (QED) is 0.622. The first-order valence-corrected chi connectivity index (χ1v) is 6.33. The smallest absolute Gasteiger partial charge is 0.348 e. The fourth-order valence-corrected chi connectivity index (χ4v) is 1.56. The minimum Gasteiger partial charge on any atom is -0.348 e. The average Bonchev–Trinajstić information content (AvgIpc) is 2.25. The Morgan fingerprint density at radius 1 is 0.941 bits per heavy atom. The van der Waals surface area contributed by atoms with Crippen LogP contribution in [-0.4, -0.2) is 18.6 Å². The van der Waals surface area contributed by atoms with Crippen LogP contribution in [0.25, 0.3) is 0 Å². The second kappa shape index (κ2) is 9.31. The van der Waals surface area contributed by atoms with Crippen molar-refractivity contribution in [2.24, 2.45) is 0 Å². The van der Waals surface area contributed by atoms with Crippen molar-refractivity contribution in [3.63, 3.8) is 0 Å². The van der Waals surface area contributed by atoms with Crippen LogP contribution in [0.1, 0.15) is 58.3 Å². The first kappa shape index (κ1) is 16.3. The summed E-state index contributed by atoms with van der Waals surface area (Å²) in [7, 11) is 0. The lowest BCUT2D eigenvalue weighted by molar-refractivity contribution is -0.173. The Balaban J connectivity index is 3.22. The summed E-state index contributed by atoms with van der Waals surface area (Å²) in [6, 6.07) is 0. The van der Waals surface area contributed by atoms with E-state index < -0.39 is 12.1 Å². The molecule has 0 aromatic carbocycles. The Kier molecular flexibility index (Phi) is 8.90. The molecule has 1 N–H and O–H groups in total. The van der Waals surface area contributed by atoms with Gasteiger partial charge in [0, 0.05) is 6.54 Å². The van der Waals surface area contributed by atoms with Gasteiger partial charge in [-0.3, -0.25) is 4.79 Å². The molecule has 0 atom stereocenters. The molecule has 0 heterocycles. The molecule has 5 heteroatoms. The van der Waals surface area contributed by atoms with Crippen LogP contribution >= 0.6 is 0 Å². The number of halogens is 3. The Morgan fingerprint density at radius 2 is 1.41 bits per heavy atom. The van der Waals surface area contributed by atoms with E-state index in [1.807, 2.05) is 5.32 Å². The van der Waals surface area contributed by atoms with Crippen molar-refractivity contribution >= 4 is 5.91 Å². The summed E-state index contributed by atoms with van der Waals surface area (Å²) >= 11 is 0. The van der Waals surface area contributed by atoms with E-state index in [1.54, 1.807) is 0 Å². The zero-order chi connectivity index (χ0) is 13.1. The molecule has 17 heavy (non-hydrogen) atoms. The van der Waals surface area contributed by atoms with Gasteiger partial charge in [-0.15, -0.1) is 0 Å². The van der Waals surface area contributed by atoms with Crippen LogP contribution in [0.4, 0.5) is 13.2 Å². The minimum atomic E-state index is -4.75. The molecule has 102 valence electrons. The summed E-state index contributed by atoms with van der Waals surface area (Å²) < 4.78 is 35.4. The molecule has 0 aliphatic heterocycles. The summed E-state index contributed by atoms with van der Waals surface area (Å²) in [6.07, 6.45) is 3.81. The zero-order valence-electron chi connectivity index (χ0n) is 10.4. The first-order chi connectivity index (χ1) is 7.98. The Hall–Kier alpha value is -0.740. The highest BCUT2D eigenvalue weighted by molar-refractivity contribution is 5.81. The van der Waals surface area contributed by atoms with Crippen molar-refractivity contribution in [3.8, 4) is 0 Å². The lowest BCUT2D eigenvalue weighted by atomic mass is 10.1. The molecule has 0 fully saturated rings.